The maximum absolute atomic E-state index is 13.1. The predicted octanol–water partition coefficient (Wildman–Crippen LogP) is 2.33. The number of aromatic nitrogens is 2. The van der Waals surface area contributed by atoms with E-state index in [1.807, 2.05) is 11.8 Å². The molecule has 0 bridgehead atoms. The van der Waals surface area contributed by atoms with Crippen molar-refractivity contribution in [2.45, 2.75) is 25.3 Å². The molecule has 1 aromatic heterocycles. The molecule has 8 nitrogen and oxygen atoms in total. The van der Waals surface area contributed by atoms with E-state index in [9.17, 15) is 17.6 Å². The zero-order valence-corrected chi connectivity index (χ0v) is 18.8. The molecule has 31 heavy (non-hydrogen) atoms. The van der Waals surface area contributed by atoms with E-state index in [0.29, 0.717) is 54.1 Å². The lowest BCUT2D eigenvalue weighted by Crippen LogP contribution is -2.49. The predicted molar refractivity (Wildman–Crippen MR) is 117 cm³/mol. The Hall–Kier alpha value is -2.50. The summed E-state index contributed by atoms with van der Waals surface area (Å²) in [6.07, 6.45) is 3.25. The summed E-state index contributed by atoms with van der Waals surface area (Å²) in [5, 5.41) is 4.80. The summed E-state index contributed by atoms with van der Waals surface area (Å²) in [7, 11) is -3.63. The third-order valence-electron chi connectivity index (χ3n) is 5.13. The largest absolute Gasteiger partial charge is 0.348 e. The van der Waals surface area contributed by atoms with Gasteiger partial charge < -0.3 is 4.90 Å². The molecule has 2 aliphatic rings. The highest BCUT2D eigenvalue weighted by Crippen LogP contribution is 2.31. The number of carbonyl (C=O) groups excluding carboxylic acids is 1. The molecule has 11 heteroatoms. The van der Waals surface area contributed by atoms with Crippen LogP contribution in [0.2, 0.25) is 0 Å². The Kier molecular flexibility index (Phi) is 6.00. The van der Waals surface area contributed by atoms with Gasteiger partial charge in [0, 0.05) is 38.9 Å². The molecule has 2 aromatic rings. The molecule has 1 aromatic carbocycles. The van der Waals surface area contributed by atoms with E-state index in [1.54, 1.807) is 36.0 Å². The fraction of sp³-hybridized carbons (Fsp3) is 0.350. The summed E-state index contributed by atoms with van der Waals surface area (Å²) >= 11 is 1.25. The molecule has 0 saturated carbocycles. The Morgan fingerprint density at radius 1 is 1.16 bits per heavy atom. The molecule has 0 unspecified atom stereocenters. The van der Waals surface area contributed by atoms with Crippen LogP contribution < -0.4 is 0 Å². The van der Waals surface area contributed by atoms with Crippen LogP contribution in [0.15, 0.2) is 45.3 Å². The number of halogens is 1. The highest BCUT2D eigenvalue weighted by molar-refractivity contribution is 8.18. The summed E-state index contributed by atoms with van der Waals surface area (Å²) in [6, 6.07) is 5.87. The van der Waals surface area contributed by atoms with E-state index in [-0.39, 0.29) is 16.6 Å². The molecule has 2 aliphatic heterocycles. The maximum atomic E-state index is 13.1. The van der Waals surface area contributed by atoms with Crippen molar-refractivity contribution < 1.29 is 17.6 Å². The van der Waals surface area contributed by atoms with Crippen LogP contribution in [0, 0.1) is 12.7 Å². The molecule has 3 heterocycles. The summed E-state index contributed by atoms with van der Waals surface area (Å²) in [5.74, 6) is -0.684. The van der Waals surface area contributed by atoms with Gasteiger partial charge in [-0.1, -0.05) is 12.1 Å². The third kappa shape index (κ3) is 4.43. The molecule has 0 radical (unpaired) electrons. The number of benzene rings is 1. The van der Waals surface area contributed by atoms with Gasteiger partial charge in [0.05, 0.1) is 10.6 Å². The summed E-state index contributed by atoms with van der Waals surface area (Å²) in [5.41, 5.74) is 1.20. The zero-order valence-electron chi connectivity index (χ0n) is 17.2. The summed E-state index contributed by atoms with van der Waals surface area (Å²) in [6.45, 7) is 5.66. The second kappa shape index (κ2) is 8.56. The third-order valence-corrected chi connectivity index (χ3v) is 8.18. The Morgan fingerprint density at radius 3 is 2.45 bits per heavy atom. The van der Waals surface area contributed by atoms with E-state index >= 15 is 0 Å². The van der Waals surface area contributed by atoms with Gasteiger partial charge >= 0.3 is 0 Å². The lowest BCUT2D eigenvalue weighted by atomic mass is 10.2. The van der Waals surface area contributed by atoms with Crippen molar-refractivity contribution >= 4 is 38.9 Å². The van der Waals surface area contributed by atoms with E-state index in [4.69, 9.17) is 0 Å². The minimum atomic E-state index is -3.63. The molecule has 164 valence electrons. The fourth-order valence-electron chi connectivity index (χ4n) is 3.42. The SMILES string of the molecule is CCn1cc(S(=O)(=O)N2CCN(C3=NC(=O)/C(=C/c4ccc(F)cc4)S3)CC2)c(C)n1. The van der Waals surface area contributed by atoms with Gasteiger partial charge in [-0.05, 0) is 49.4 Å². The normalized spacial score (nSPS) is 19.3. The van der Waals surface area contributed by atoms with E-state index in [1.165, 1.54) is 28.2 Å². The van der Waals surface area contributed by atoms with Gasteiger partial charge in [0.2, 0.25) is 10.0 Å². The number of carbonyl (C=O) groups is 1. The lowest BCUT2D eigenvalue weighted by Gasteiger charge is -2.34. The van der Waals surface area contributed by atoms with Gasteiger partial charge in [-0.25, -0.2) is 12.8 Å². The van der Waals surface area contributed by atoms with Crippen LogP contribution in [-0.2, 0) is 21.4 Å². The average molecular weight is 464 g/mol. The molecule has 4 rings (SSSR count). The number of aliphatic imine (C=N–C) groups is 1. The van der Waals surface area contributed by atoms with Crippen LogP contribution in [0.1, 0.15) is 18.2 Å². The first-order valence-electron chi connectivity index (χ1n) is 9.85. The number of rotatable bonds is 4. The Morgan fingerprint density at radius 2 is 1.84 bits per heavy atom. The topological polar surface area (TPSA) is 87.9 Å². The van der Waals surface area contributed by atoms with Gasteiger partial charge in [0.1, 0.15) is 10.7 Å². The minimum absolute atomic E-state index is 0.232. The lowest BCUT2D eigenvalue weighted by molar-refractivity contribution is -0.113. The molecular weight excluding hydrogens is 441 g/mol. The molecule has 1 amide bonds. The first-order chi connectivity index (χ1) is 14.8. The zero-order chi connectivity index (χ0) is 22.2. The highest BCUT2D eigenvalue weighted by Gasteiger charge is 2.34. The average Bonchev–Trinajstić information content (AvgIpc) is 3.32. The van der Waals surface area contributed by atoms with Crippen LogP contribution in [-0.4, -0.2) is 64.7 Å². The number of sulfonamides is 1. The maximum Gasteiger partial charge on any atom is 0.286 e. The van der Waals surface area contributed by atoms with Crippen molar-refractivity contribution in [3.63, 3.8) is 0 Å². The first kappa shape index (κ1) is 21.7. The quantitative estimate of drug-likeness (QED) is 0.647. The van der Waals surface area contributed by atoms with Gasteiger partial charge in [0.15, 0.2) is 5.17 Å². The number of hydrogen-bond donors (Lipinski definition) is 0. The molecule has 0 spiro atoms. The molecule has 0 aliphatic carbocycles. The fourth-order valence-corrected chi connectivity index (χ4v) is 5.97. The second-order valence-electron chi connectivity index (χ2n) is 7.19. The highest BCUT2D eigenvalue weighted by atomic mass is 32.2. The molecule has 0 N–H and O–H groups in total. The van der Waals surface area contributed by atoms with E-state index in [0.717, 1.165) is 0 Å². The van der Waals surface area contributed by atoms with Crippen molar-refractivity contribution in [3.05, 3.63) is 52.4 Å². The number of piperazine rings is 1. The molecule has 1 saturated heterocycles. The second-order valence-corrected chi connectivity index (χ2v) is 10.1. The van der Waals surface area contributed by atoms with Gasteiger partial charge in [-0.3, -0.25) is 9.48 Å². The Bertz CT molecular complexity index is 1160. The van der Waals surface area contributed by atoms with Gasteiger partial charge in [-0.2, -0.15) is 14.4 Å². The Labute approximate surface area is 184 Å². The van der Waals surface area contributed by atoms with Crippen LogP contribution >= 0.6 is 11.8 Å². The number of aryl methyl sites for hydroxylation is 2. The van der Waals surface area contributed by atoms with Crippen LogP contribution in [0.5, 0.6) is 0 Å². The smallest absolute Gasteiger partial charge is 0.286 e. The van der Waals surface area contributed by atoms with Gasteiger partial charge in [-0.15, -0.1) is 0 Å². The molecular formula is C20H22FN5O3S2. The van der Waals surface area contributed by atoms with Crippen molar-refractivity contribution in [1.29, 1.82) is 0 Å². The summed E-state index contributed by atoms with van der Waals surface area (Å²) in [4.78, 5) is 19.0. The summed E-state index contributed by atoms with van der Waals surface area (Å²) < 4.78 is 42.2. The number of amidine groups is 1. The Balaban J connectivity index is 1.42. The number of amides is 1. The minimum Gasteiger partial charge on any atom is -0.348 e. The van der Waals surface area contributed by atoms with Crippen molar-refractivity contribution in [3.8, 4) is 0 Å². The van der Waals surface area contributed by atoms with E-state index in [2.05, 4.69) is 10.1 Å². The van der Waals surface area contributed by atoms with Crippen molar-refractivity contribution in [1.82, 2.24) is 19.0 Å². The van der Waals surface area contributed by atoms with Crippen LogP contribution in [0.4, 0.5) is 4.39 Å². The van der Waals surface area contributed by atoms with Crippen molar-refractivity contribution in [2.24, 2.45) is 4.99 Å². The number of hydrogen-bond acceptors (Lipinski definition) is 6. The van der Waals surface area contributed by atoms with Crippen LogP contribution in [0.3, 0.4) is 0 Å². The molecule has 0 atom stereocenters. The monoisotopic (exact) mass is 463 g/mol. The molecule has 1 fully saturated rings. The number of thioether (sulfide) groups is 1. The van der Waals surface area contributed by atoms with Crippen LogP contribution in [0.25, 0.3) is 6.08 Å². The first-order valence-corrected chi connectivity index (χ1v) is 12.1. The van der Waals surface area contributed by atoms with Gasteiger partial charge in [0.25, 0.3) is 5.91 Å². The standard InChI is InChI=1S/C20H22FN5O3S2/c1-3-25-13-18(14(2)23-25)31(28,29)26-10-8-24(9-11-26)20-22-19(27)17(30-20)12-15-4-6-16(21)7-5-15/h4-7,12-13H,3,8-11H2,1-2H3/b17-12-. The van der Waals surface area contributed by atoms with Crippen molar-refractivity contribution in [2.75, 3.05) is 26.2 Å². The number of nitrogens with zero attached hydrogens (tertiary/aromatic N) is 5. The van der Waals surface area contributed by atoms with E-state index < -0.39 is 10.0 Å².